The lowest BCUT2D eigenvalue weighted by Crippen LogP contribution is -2.44. The predicted molar refractivity (Wildman–Crippen MR) is 56.0 cm³/mol. The van der Waals surface area contributed by atoms with Crippen LogP contribution in [0.1, 0.15) is 32.1 Å². The Balaban J connectivity index is 2.16. The summed E-state index contributed by atoms with van der Waals surface area (Å²) in [6.45, 7) is 1.37. The monoisotopic (exact) mass is 210 g/mol. The fourth-order valence-corrected chi connectivity index (χ4v) is 1.66. The number of hydrogen-bond acceptors (Lipinski definition) is 3. The van der Waals surface area contributed by atoms with Crippen molar-refractivity contribution in [2.45, 2.75) is 32.1 Å². The van der Waals surface area contributed by atoms with Crippen LogP contribution in [0.15, 0.2) is 0 Å². The van der Waals surface area contributed by atoms with E-state index in [-0.39, 0.29) is 5.91 Å². The van der Waals surface area contributed by atoms with Crippen molar-refractivity contribution in [3.63, 3.8) is 0 Å². The van der Waals surface area contributed by atoms with Crippen molar-refractivity contribution in [1.29, 1.82) is 5.26 Å². The van der Waals surface area contributed by atoms with Gasteiger partial charge in [0.1, 0.15) is 5.41 Å². The minimum Gasteiger partial charge on any atom is -0.385 e. The summed E-state index contributed by atoms with van der Waals surface area (Å²) < 4.78 is 4.90. The summed E-state index contributed by atoms with van der Waals surface area (Å²) in [5.41, 5.74) is -0.707. The maximum atomic E-state index is 11.6. The Kier molecular flexibility index (Phi) is 4.57. The van der Waals surface area contributed by atoms with Crippen molar-refractivity contribution < 1.29 is 9.53 Å². The molecule has 15 heavy (non-hydrogen) atoms. The van der Waals surface area contributed by atoms with Gasteiger partial charge in [-0.05, 0) is 32.1 Å². The van der Waals surface area contributed by atoms with Crippen molar-refractivity contribution in [2.24, 2.45) is 5.41 Å². The van der Waals surface area contributed by atoms with Gasteiger partial charge < -0.3 is 10.1 Å². The first kappa shape index (κ1) is 12.0. The number of nitrogens with one attached hydrogen (secondary N) is 1. The Hall–Kier alpha value is -1.08. The largest absolute Gasteiger partial charge is 0.385 e. The van der Waals surface area contributed by atoms with Gasteiger partial charge in [0.25, 0.3) is 0 Å². The molecule has 0 saturated heterocycles. The van der Waals surface area contributed by atoms with Crippen molar-refractivity contribution in [3.8, 4) is 6.07 Å². The van der Waals surface area contributed by atoms with Crippen LogP contribution in [0.3, 0.4) is 0 Å². The number of carbonyl (C=O) groups excluding carboxylic acids is 1. The van der Waals surface area contributed by atoms with Crippen LogP contribution in [0.4, 0.5) is 0 Å². The zero-order chi connectivity index (χ0) is 11.1. The number of carbonyl (C=O) groups is 1. The summed E-state index contributed by atoms with van der Waals surface area (Å²) in [6, 6.07) is 2.13. The molecule has 0 radical (unpaired) electrons. The third-order valence-electron chi connectivity index (χ3n) is 2.92. The van der Waals surface area contributed by atoms with Gasteiger partial charge in [0.2, 0.25) is 5.91 Å². The number of amides is 1. The second-order valence-corrected chi connectivity index (χ2v) is 4.00. The van der Waals surface area contributed by atoms with Crippen LogP contribution in [0.2, 0.25) is 0 Å². The average molecular weight is 210 g/mol. The zero-order valence-electron chi connectivity index (χ0n) is 9.21. The lowest BCUT2D eigenvalue weighted by atomic mass is 9.69. The number of unbranched alkanes of at least 4 members (excludes halogenated alkanes) is 1. The molecular weight excluding hydrogens is 192 g/mol. The van der Waals surface area contributed by atoms with E-state index in [0.717, 1.165) is 25.9 Å². The first-order chi connectivity index (χ1) is 7.25. The van der Waals surface area contributed by atoms with Gasteiger partial charge in [-0.15, -0.1) is 0 Å². The van der Waals surface area contributed by atoms with Crippen LogP contribution >= 0.6 is 0 Å². The normalized spacial score (nSPS) is 17.6. The van der Waals surface area contributed by atoms with E-state index in [2.05, 4.69) is 11.4 Å². The SMILES string of the molecule is COCCCCNC(=O)C1(C#N)CCC1. The first-order valence-electron chi connectivity index (χ1n) is 5.44. The van der Waals surface area contributed by atoms with Gasteiger partial charge in [0, 0.05) is 20.3 Å². The number of nitriles is 1. The molecule has 0 heterocycles. The molecule has 0 spiro atoms. The van der Waals surface area contributed by atoms with Gasteiger partial charge in [-0.1, -0.05) is 0 Å². The Morgan fingerprint density at radius 1 is 1.53 bits per heavy atom. The molecule has 1 N–H and O–H groups in total. The molecule has 0 aromatic carbocycles. The second kappa shape index (κ2) is 5.72. The number of hydrogen-bond donors (Lipinski definition) is 1. The lowest BCUT2D eigenvalue weighted by Gasteiger charge is -2.33. The van der Waals surface area contributed by atoms with Crippen molar-refractivity contribution in [2.75, 3.05) is 20.3 Å². The van der Waals surface area contributed by atoms with E-state index in [1.54, 1.807) is 7.11 Å². The van der Waals surface area contributed by atoms with Crippen LogP contribution in [-0.4, -0.2) is 26.2 Å². The Bertz CT molecular complexity index is 254. The van der Waals surface area contributed by atoms with Gasteiger partial charge in [-0.2, -0.15) is 5.26 Å². The molecule has 0 aliphatic heterocycles. The fourth-order valence-electron chi connectivity index (χ4n) is 1.66. The van der Waals surface area contributed by atoms with Crippen LogP contribution in [0.25, 0.3) is 0 Å². The molecule has 1 rings (SSSR count). The highest BCUT2D eigenvalue weighted by Crippen LogP contribution is 2.40. The fraction of sp³-hybridized carbons (Fsp3) is 0.818. The van der Waals surface area contributed by atoms with Gasteiger partial charge in [0.05, 0.1) is 6.07 Å². The van der Waals surface area contributed by atoms with Crippen LogP contribution in [0.5, 0.6) is 0 Å². The number of rotatable bonds is 6. The molecule has 1 saturated carbocycles. The molecule has 0 unspecified atom stereocenters. The molecule has 1 amide bonds. The zero-order valence-corrected chi connectivity index (χ0v) is 9.21. The molecule has 0 aromatic heterocycles. The Morgan fingerprint density at radius 3 is 2.73 bits per heavy atom. The highest BCUT2D eigenvalue weighted by atomic mass is 16.5. The molecule has 1 aliphatic carbocycles. The molecule has 4 heteroatoms. The molecule has 84 valence electrons. The number of methoxy groups -OCH3 is 1. The lowest BCUT2D eigenvalue weighted by molar-refractivity contribution is -0.131. The van der Waals surface area contributed by atoms with Crippen LogP contribution in [-0.2, 0) is 9.53 Å². The van der Waals surface area contributed by atoms with Crippen molar-refractivity contribution in [1.82, 2.24) is 5.32 Å². The second-order valence-electron chi connectivity index (χ2n) is 4.00. The molecule has 4 nitrogen and oxygen atoms in total. The van der Waals surface area contributed by atoms with Crippen LogP contribution < -0.4 is 5.32 Å². The smallest absolute Gasteiger partial charge is 0.240 e. The van der Waals surface area contributed by atoms with Gasteiger partial charge in [-0.3, -0.25) is 4.79 Å². The summed E-state index contributed by atoms with van der Waals surface area (Å²) in [4.78, 5) is 11.6. The third kappa shape index (κ3) is 2.93. The minimum atomic E-state index is -0.707. The van der Waals surface area contributed by atoms with Crippen LogP contribution in [0, 0.1) is 16.7 Å². The van der Waals surface area contributed by atoms with E-state index in [0.29, 0.717) is 19.4 Å². The van der Waals surface area contributed by atoms with E-state index in [9.17, 15) is 4.79 Å². The molecule has 0 bridgehead atoms. The van der Waals surface area contributed by atoms with E-state index in [4.69, 9.17) is 10.00 Å². The Morgan fingerprint density at radius 2 is 2.27 bits per heavy atom. The molecule has 0 atom stereocenters. The maximum Gasteiger partial charge on any atom is 0.240 e. The van der Waals surface area contributed by atoms with E-state index < -0.39 is 5.41 Å². The van der Waals surface area contributed by atoms with Gasteiger partial charge >= 0.3 is 0 Å². The highest BCUT2D eigenvalue weighted by Gasteiger charge is 2.44. The molecular formula is C11H18N2O2. The summed E-state index contributed by atoms with van der Waals surface area (Å²) >= 11 is 0. The summed E-state index contributed by atoms with van der Waals surface area (Å²) in [7, 11) is 1.66. The average Bonchev–Trinajstić information content (AvgIpc) is 2.17. The van der Waals surface area contributed by atoms with E-state index in [1.165, 1.54) is 0 Å². The van der Waals surface area contributed by atoms with Gasteiger partial charge in [-0.25, -0.2) is 0 Å². The molecule has 0 aromatic rings. The first-order valence-corrected chi connectivity index (χ1v) is 5.44. The third-order valence-corrected chi connectivity index (χ3v) is 2.92. The van der Waals surface area contributed by atoms with Crippen molar-refractivity contribution >= 4 is 5.91 Å². The quantitative estimate of drug-likeness (QED) is 0.670. The topological polar surface area (TPSA) is 62.1 Å². The summed E-state index contributed by atoms with van der Waals surface area (Å²) in [6.07, 6.45) is 4.27. The van der Waals surface area contributed by atoms with Crippen molar-refractivity contribution in [3.05, 3.63) is 0 Å². The van der Waals surface area contributed by atoms with E-state index in [1.807, 2.05) is 0 Å². The number of nitrogens with zero attached hydrogens (tertiary/aromatic N) is 1. The number of ether oxygens (including phenoxy) is 1. The Labute approximate surface area is 90.6 Å². The molecule has 1 aliphatic rings. The maximum absolute atomic E-state index is 11.6. The van der Waals surface area contributed by atoms with E-state index >= 15 is 0 Å². The predicted octanol–water partition coefficient (Wildman–Crippen LogP) is 1.22. The highest BCUT2D eigenvalue weighted by molar-refractivity contribution is 5.86. The molecule has 1 fully saturated rings. The van der Waals surface area contributed by atoms with Gasteiger partial charge in [0.15, 0.2) is 0 Å². The minimum absolute atomic E-state index is 0.0892. The summed E-state index contributed by atoms with van der Waals surface area (Å²) in [5, 5.41) is 11.7. The summed E-state index contributed by atoms with van der Waals surface area (Å²) in [5.74, 6) is -0.0892. The standard InChI is InChI=1S/C11H18N2O2/c1-15-8-3-2-7-13-10(14)11(9-12)5-4-6-11/h2-8H2,1H3,(H,13,14).